The van der Waals surface area contributed by atoms with Gasteiger partial charge in [0.2, 0.25) is 5.91 Å². The van der Waals surface area contributed by atoms with Crippen molar-refractivity contribution in [1.82, 2.24) is 15.2 Å². The summed E-state index contributed by atoms with van der Waals surface area (Å²) in [5.41, 5.74) is 3.58. The van der Waals surface area contributed by atoms with Crippen LogP contribution in [0.1, 0.15) is 57.8 Å². The molecule has 6 nitrogen and oxygen atoms in total. The topological polar surface area (TPSA) is 66.6 Å². The van der Waals surface area contributed by atoms with Crippen molar-refractivity contribution in [2.24, 2.45) is 0 Å². The van der Waals surface area contributed by atoms with Crippen LogP contribution in [0, 0.1) is 0 Å². The van der Waals surface area contributed by atoms with E-state index in [2.05, 4.69) is 61.2 Å². The van der Waals surface area contributed by atoms with E-state index in [9.17, 15) is 4.79 Å². The van der Waals surface area contributed by atoms with Gasteiger partial charge in [-0.1, -0.05) is 20.8 Å². The van der Waals surface area contributed by atoms with E-state index in [0.717, 1.165) is 49.4 Å². The summed E-state index contributed by atoms with van der Waals surface area (Å²) >= 11 is 0. The number of aromatic nitrogens is 1. The molecule has 3 heterocycles. The fraction of sp³-hybridized carbons (Fsp3) is 0.640. The molecular weight excluding hydrogens is 418 g/mol. The molecule has 0 saturated carbocycles. The first-order chi connectivity index (χ1) is 15.0. The third kappa shape index (κ3) is 3.88. The van der Waals surface area contributed by atoms with E-state index in [0.29, 0.717) is 6.61 Å². The number of fused-ring (bicyclic) bond motifs is 4. The number of nitrogens with zero attached hydrogens (tertiary/aromatic N) is 1. The second kappa shape index (κ2) is 8.19. The van der Waals surface area contributed by atoms with Gasteiger partial charge in [0.25, 0.3) is 0 Å². The monoisotopic (exact) mass is 457 g/mol. The van der Waals surface area contributed by atoms with Crippen molar-refractivity contribution >= 4 is 25.1 Å². The Morgan fingerprint density at radius 1 is 1.25 bits per heavy atom. The number of hydrogen-bond acceptors (Lipinski definition) is 4. The number of hydrogen-bond donors (Lipinski definition) is 2. The van der Waals surface area contributed by atoms with Gasteiger partial charge in [-0.2, -0.15) is 0 Å². The summed E-state index contributed by atoms with van der Waals surface area (Å²) in [5.74, 6) is 0.960. The van der Waals surface area contributed by atoms with Gasteiger partial charge in [-0.3, -0.25) is 4.79 Å². The highest BCUT2D eigenvalue weighted by atomic mass is 28.4. The number of nitrogens with one attached hydrogen (secondary N) is 2. The van der Waals surface area contributed by atoms with Gasteiger partial charge in [0, 0.05) is 41.5 Å². The van der Waals surface area contributed by atoms with Crippen molar-refractivity contribution < 1.29 is 14.0 Å². The Morgan fingerprint density at radius 3 is 2.53 bits per heavy atom. The van der Waals surface area contributed by atoms with Crippen molar-refractivity contribution in [1.29, 1.82) is 0 Å². The summed E-state index contributed by atoms with van der Waals surface area (Å²) in [6, 6.07) is 6.20. The third-order valence-electron chi connectivity index (χ3n) is 8.12. The van der Waals surface area contributed by atoms with Crippen LogP contribution in [0.5, 0.6) is 5.75 Å². The number of aromatic amines is 1. The fourth-order valence-electron chi connectivity index (χ4n) is 5.14. The average molecular weight is 458 g/mol. The molecule has 32 heavy (non-hydrogen) atoms. The van der Waals surface area contributed by atoms with Crippen molar-refractivity contribution in [3.63, 3.8) is 0 Å². The second-order valence-electron chi connectivity index (χ2n) is 11.1. The van der Waals surface area contributed by atoms with Crippen LogP contribution < -0.4 is 10.1 Å². The lowest BCUT2D eigenvalue weighted by atomic mass is 9.68. The molecule has 1 aromatic carbocycles. The maximum Gasteiger partial charge on any atom is 0.220 e. The number of rotatable bonds is 4. The summed E-state index contributed by atoms with van der Waals surface area (Å²) in [6.45, 7) is 16.2. The minimum atomic E-state index is -1.96. The number of carbonyl (C=O) groups is 1. The molecule has 0 bridgehead atoms. The molecule has 1 aromatic heterocycles. The maximum absolute atomic E-state index is 12.9. The number of ether oxygens (including phenoxy) is 1. The van der Waals surface area contributed by atoms with Crippen LogP contribution in [0.15, 0.2) is 18.2 Å². The van der Waals surface area contributed by atoms with E-state index in [-0.39, 0.29) is 22.4 Å². The number of methoxy groups -OCH3 is 1. The van der Waals surface area contributed by atoms with Crippen molar-refractivity contribution in [3.05, 3.63) is 29.5 Å². The van der Waals surface area contributed by atoms with Crippen molar-refractivity contribution in [2.45, 2.75) is 70.1 Å². The summed E-state index contributed by atoms with van der Waals surface area (Å²) in [4.78, 5) is 18.7. The first kappa shape index (κ1) is 23.3. The molecule has 0 unspecified atom stereocenters. The Morgan fingerprint density at radius 2 is 1.94 bits per heavy atom. The Hall–Kier alpha value is -1.83. The largest absolute Gasteiger partial charge is 0.497 e. The van der Waals surface area contributed by atoms with Crippen molar-refractivity contribution in [3.8, 4) is 5.75 Å². The van der Waals surface area contributed by atoms with Crippen LogP contribution >= 0.6 is 0 Å². The normalized spacial score (nSPS) is 21.1. The quantitative estimate of drug-likeness (QED) is 0.652. The predicted molar refractivity (Wildman–Crippen MR) is 132 cm³/mol. The molecule has 0 radical (unpaired) electrons. The van der Waals surface area contributed by atoms with Gasteiger partial charge in [0.1, 0.15) is 5.75 Å². The molecule has 176 valence electrons. The second-order valence-corrected chi connectivity index (χ2v) is 15.9. The minimum Gasteiger partial charge on any atom is -0.497 e. The molecule has 2 aliphatic rings. The van der Waals surface area contributed by atoms with Crippen LogP contribution in [0.25, 0.3) is 10.9 Å². The zero-order valence-electron chi connectivity index (χ0n) is 20.7. The first-order valence-corrected chi connectivity index (χ1v) is 14.7. The number of amides is 1. The lowest BCUT2D eigenvalue weighted by Gasteiger charge is -2.49. The molecule has 2 N–H and O–H groups in total. The molecule has 7 heteroatoms. The van der Waals surface area contributed by atoms with Gasteiger partial charge >= 0.3 is 0 Å². The highest BCUT2D eigenvalue weighted by Gasteiger charge is 2.48. The van der Waals surface area contributed by atoms with E-state index < -0.39 is 8.32 Å². The van der Waals surface area contributed by atoms with Gasteiger partial charge in [-0.05, 0) is 61.8 Å². The van der Waals surface area contributed by atoms with Gasteiger partial charge in [-0.25, -0.2) is 0 Å². The minimum absolute atomic E-state index is 0.0352. The maximum atomic E-state index is 12.9. The van der Waals surface area contributed by atoms with Crippen LogP contribution in [0.2, 0.25) is 18.1 Å². The van der Waals surface area contributed by atoms with Gasteiger partial charge < -0.3 is 24.4 Å². The highest BCUT2D eigenvalue weighted by molar-refractivity contribution is 6.74. The molecule has 4 rings (SSSR count). The Balaban J connectivity index is 1.84. The molecule has 1 amide bonds. The SMILES string of the molecule is COc1ccc2c3c([nH]c2c1)[C@H](CO[Si](C)(C)C(C)(C)C)N(C(C)=O)CC31CCNCC1. The molecule has 2 aliphatic heterocycles. The van der Waals surface area contributed by atoms with Crippen LogP contribution in [-0.4, -0.2) is 57.5 Å². The number of benzene rings is 1. The summed E-state index contributed by atoms with van der Waals surface area (Å²) in [5, 5.41) is 4.88. The standard InChI is InChI=1S/C25H39N3O3Si/c1-17(29)28-16-25(10-12-26-13-11-25)22-19-9-8-18(30-5)14-20(19)27-23(22)21(28)15-31-32(6,7)24(2,3)4/h8-9,14,21,26-27H,10-13,15-16H2,1-7H3/t21-/m0/s1. The summed E-state index contributed by atoms with van der Waals surface area (Å²) < 4.78 is 12.2. The Bertz CT molecular complexity index is 1000. The molecule has 1 atom stereocenters. The Labute approximate surface area is 193 Å². The molecule has 2 aromatic rings. The summed E-state index contributed by atoms with van der Waals surface area (Å²) in [6.07, 6.45) is 2.05. The van der Waals surface area contributed by atoms with E-state index >= 15 is 0 Å². The molecule has 1 saturated heterocycles. The highest BCUT2D eigenvalue weighted by Crippen LogP contribution is 2.49. The van der Waals surface area contributed by atoms with Gasteiger partial charge in [0.15, 0.2) is 8.32 Å². The number of H-pyrrole nitrogens is 1. The van der Waals surface area contributed by atoms with E-state index in [1.54, 1.807) is 14.0 Å². The van der Waals surface area contributed by atoms with Gasteiger partial charge in [0.05, 0.1) is 19.8 Å². The first-order valence-electron chi connectivity index (χ1n) is 11.8. The zero-order valence-corrected chi connectivity index (χ0v) is 21.7. The molecular formula is C25H39N3O3Si. The molecule has 1 fully saturated rings. The predicted octanol–water partition coefficient (Wildman–Crippen LogP) is 4.72. The van der Waals surface area contributed by atoms with Crippen molar-refractivity contribution in [2.75, 3.05) is 33.4 Å². The lowest BCUT2D eigenvalue weighted by Crippen LogP contribution is -2.55. The zero-order chi connectivity index (χ0) is 23.3. The van der Waals surface area contributed by atoms with Gasteiger partial charge in [-0.15, -0.1) is 0 Å². The Kier molecular flexibility index (Phi) is 5.97. The van der Waals surface area contributed by atoms with E-state index in [1.165, 1.54) is 10.9 Å². The van der Waals surface area contributed by atoms with E-state index in [1.807, 2.05) is 6.07 Å². The smallest absolute Gasteiger partial charge is 0.220 e. The number of piperidine rings is 1. The summed E-state index contributed by atoms with van der Waals surface area (Å²) in [7, 11) is -0.258. The van der Waals surface area contributed by atoms with E-state index in [4.69, 9.17) is 9.16 Å². The van der Waals surface area contributed by atoms with Crippen LogP contribution in [0.3, 0.4) is 0 Å². The molecule has 0 aliphatic carbocycles. The fourth-order valence-corrected chi connectivity index (χ4v) is 6.15. The van der Waals surface area contributed by atoms with Crippen LogP contribution in [0.4, 0.5) is 0 Å². The molecule has 1 spiro atoms. The average Bonchev–Trinajstić information content (AvgIpc) is 3.12. The van der Waals surface area contributed by atoms with Crippen LogP contribution in [-0.2, 0) is 14.6 Å². The third-order valence-corrected chi connectivity index (χ3v) is 12.6. The number of carbonyl (C=O) groups excluding carboxylic acids is 1. The lowest BCUT2D eigenvalue weighted by molar-refractivity contribution is -0.134.